The number of benzene rings is 2. The molecule has 32 heavy (non-hydrogen) atoms. The topological polar surface area (TPSA) is 90.0 Å². The number of carbonyl (C=O) groups is 2. The SMILES string of the molecule is CC[C@@H](C(=O)NC)N(Cc1ccc(F)cc1)C(=O)CN(c1ccccc1)S(=O)(=O)N(C)C. The van der Waals surface area contributed by atoms with Crippen molar-refractivity contribution in [2.24, 2.45) is 0 Å². The normalized spacial score (nSPS) is 12.3. The summed E-state index contributed by atoms with van der Waals surface area (Å²) in [6.45, 7) is 1.28. The van der Waals surface area contributed by atoms with E-state index in [1.54, 1.807) is 37.3 Å². The fourth-order valence-corrected chi connectivity index (χ4v) is 4.24. The number of para-hydroxylation sites is 1. The number of rotatable bonds is 10. The fourth-order valence-electron chi connectivity index (χ4n) is 3.18. The molecule has 2 aromatic rings. The van der Waals surface area contributed by atoms with E-state index in [4.69, 9.17) is 0 Å². The molecule has 2 aromatic carbocycles. The molecule has 0 spiro atoms. The number of likely N-dealkylation sites (N-methyl/N-ethyl adjacent to an activating group) is 1. The average Bonchev–Trinajstić information content (AvgIpc) is 2.78. The lowest BCUT2D eigenvalue weighted by atomic mass is 10.1. The lowest BCUT2D eigenvalue weighted by molar-refractivity contribution is -0.140. The van der Waals surface area contributed by atoms with Crippen LogP contribution < -0.4 is 9.62 Å². The van der Waals surface area contributed by atoms with E-state index in [9.17, 15) is 22.4 Å². The lowest BCUT2D eigenvalue weighted by Gasteiger charge is -2.33. The van der Waals surface area contributed by atoms with Gasteiger partial charge < -0.3 is 10.2 Å². The Labute approximate surface area is 188 Å². The highest BCUT2D eigenvalue weighted by atomic mass is 32.2. The maximum Gasteiger partial charge on any atom is 0.304 e. The molecule has 1 atom stereocenters. The summed E-state index contributed by atoms with van der Waals surface area (Å²) >= 11 is 0. The molecule has 0 unspecified atom stereocenters. The molecule has 0 aliphatic rings. The quantitative estimate of drug-likeness (QED) is 0.582. The van der Waals surface area contributed by atoms with Gasteiger partial charge in [0.05, 0.1) is 5.69 Å². The van der Waals surface area contributed by atoms with Gasteiger partial charge in [-0.3, -0.25) is 9.59 Å². The van der Waals surface area contributed by atoms with Crippen molar-refractivity contribution in [3.8, 4) is 0 Å². The molecule has 0 saturated heterocycles. The molecule has 0 heterocycles. The second kappa shape index (κ2) is 11.1. The van der Waals surface area contributed by atoms with Crippen molar-refractivity contribution >= 4 is 27.7 Å². The lowest BCUT2D eigenvalue weighted by Crippen LogP contribution is -2.52. The summed E-state index contributed by atoms with van der Waals surface area (Å²) in [5.41, 5.74) is 0.938. The second-order valence-corrected chi connectivity index (χ2v) is 9.39. The number of amides is 2. The van der Waals surface area contributed by atoms with Gasteiger partial charge in [0.2, 0.25) is 11.8 Å². The summed E-state index contributed by atoms with van der Waals surface area (Å²) in [7, 11) is 0.243. The fraction of sp³-hybridized carbons (Fsp3) is 0.364. The molecule has 174 valence electrons. The van der Waals surface area contributed by atoms with Gasteiger partial charge in [-0.25, -0.2) is 8.70 Å². The van der Waals surface area contributed by atoms with Crippen LogP contribution >= 0.6 is 0 Å². The third-order valence-electron chi connectivity index (χ3n) is 4.96. The van der Waals surface area contributed by atoms with Gasteiger partial charge in [-0.1, -0.05) is 37.3 Å². The molecule has 0 saturated carbocycles. The highest BCUT2D eigenvalue weighted by Gasteiger charge is 2.33. The molecular weight excluding hydrogens is 435 g/mol. The number of nitrogens with one attached hydrogen (secondary N) is 1. The Morgan fingerprint density at radius 1 is 1.03 bits per heavy atom. The van der Waals surface area contributed by atoms with Crippen LogP contribution in [0.15, 0.2) is 54.6 Å². The van der Waals surface area contributed by atoms with E-state index in [-0.39, 0.29) is 12.5 Å². The first-order valence-corrected chi connectivity index (χ1v) is 11.5. The van der Waals surface area contributed by atoms with Crippen LogP contribution in [0, 0.1) is 5.82 Å². The molecule has 2 rings (SSSR count). The largest absolute Gasteiger partial charge is 0.357 e. The Kier molecular flexibility index (Phi) is 8.73. The smallest absolute Gasteiger partial charge is 0.304 e. The predicted molar refractivity (Wildman–Crippen MR) is 121 cm³/mol. The molecule has 2 amide bonds. The molecule has 0 radical (unpaired) electrons. The van der Waals surface area contributed by atoms with Crippen LogP contribution in [0.4, 0.5) is 10.1 Å². The van der Waals surface area contributed by atoms with E-state index in [1.807, 2.05) is 0 Å². The maximum atomic E-state index is 13.4. The summed E-state index contributed by atoms with van der Waals surface area (Å²) in [5.74, 6) is -1.35. The molecule has 0 aliphatic heterocycles. The number of carbonyl (C=O) groups excluding carboxylic acids is 2. The number of halogens is 1. The zero-order valence-corrected chi connectivity index (χ0v) is 19.5. The van der Waals surface area contributed by atoms with Gasteiger partial charge in [-0.15, -0.1) is 0 Å². The Morgan fingerprint density at radius 3 is 2.12 bits per heavy atom. The zero-order chi connectivity index (χ0) is 23.9. The van der Waals surface area contributed by atoms with Crippen molar-refractivity contribution in [1.29, 1.82) is 0 Å². The van der Waals surface area contributed by atoms with Crippen LogP contribution in [0.25, 0.3) is 0 Å². The standard InChI is InChI=1S/C22H29FN4O4S/c1-5-20(22(29)24-2)26(15-17-11-13-18(23)14-12-17)21(28)16-27(32(30,31)25(3)4)19-9-7-6-8-10-19/h6-14,20H,5,15-16H2,1-4H3,(H,24,29)/t20-/m0/s1. The van der Waals surface area contributed by atoms with Gasteiger partial charge in [0.25, 0.3) is 0 Å². The minimum absolute atomic E-state index is 0.0235. The van der Waals surface area contributed by atoms with Crippen LogP contribution in [0.5, 0.6) is 0 Å². The van der Waals surface area contributed by atoms with Crippen LogP contribution in [0.2, 0.25) is 0 Å². The number of hydrogen-bond acceptors (Lipinski definition) is 4. The van der Waals surface area contributed by atoms with Gasteiger partial charge >= 0.3 is 10.2 Å². The molecule has 0 bridgehead atoms. The molecule has 0 fully saturated rings. The third-order valence-corrected chi connectivity index (χ3v) is 6.78. The summed E-state index contributed by atoms with van der Waals surface area (Å²) in [4.78, 5) is 27.3. The summed E-state index contributed by atoms with van der Waals surface area (Å²) in [5, 5.41) is 2.55. The molecule has 10 heteroatoms. The maximum absolute atomic E-state index is 13.4. The molecule has 1 N–H and O–H groups in total. The first-order chi connectivity index (χ1) is 15.1. The highest BCUT2D eigenvalue weighted by Crippen LogP contribution is 2.21. The number of nitrogens with zero attached hydrogens (tertiary/aromatic N) is 3. The van der Waals surface area contributed by atoms with Crippen molar-refractivity contribution in [3.05, 3.63) is 66.0 Å². The predicted octanol–water partition coefficient (Wildman–Crippen LogP) is 1.99. The van der Waals surface area contributed by atoms with Crippen LogP contribution in [-0.2, 0) is 26.3 Å². The van der Waals surface area contributed by atoms with Crippen LogP contribution in [0.1, 0.15) is 18.9 Å². The summed E-state index contributed by atoms with van der Waals surface area (Å²) in [6, 6.07) is 13.0. The van der Waals surface area contributed by atoms with E-state index in [1.165, 1.54) is 50.3 Å². The minimum atomic E-state index is -3.99. The highest BCUT2D eigenvalue weighted by molar-refractivity contribution is 7.90. The van der Waals surface area contributed by atoms with Gasteiger partial charge in [0.1, 0.15) is 18.4 Å². The molecule has 0 aliphatic carbocycles. The van der Waals surface area contributed by atoms with Gasteiger partial charge in [-0.2, -0.15) is 12.7 Å². The molecule has 0 aromatic heterocycles. The van der Waals surface area contributed by atoms with E-state index >= 15 is 0 Å². The van der Waals surface area contributed by atoms with Crippen molar-refractivity contribution < 1.29 is 22.4 Å². The van der Waals surface area contributed by atoms with E-state index < -0.39 is 34.5 Å². The van der Waals surface area contributed by atoms with Gasteiger partial charge in [0, 0.05) is 27.7 Å². The van der Waals surface area contributed by atoms with E-state index in [0.717, 1.165) is 8.61 Å². The average molecular weight is 465 g/mol. The van der Waals surface area contributed by atoms with E-state index in [2.05, 4.69) is 5.32 Å². The number of anilines is 1. The zero-order valence-electron chi connectivity index (χ0n) is 18.7. The van der Waals surface area contributed by atoms with Crippen molar-refractivity contribution in [1.82, 2.24) is 14.5 Å². The third kappa shape index (κ3) is 6.04. The Hall–Kier alpha value is -2.98. The number of hydrogen-bond donors (Lipinski definition) is 1. The monoisotopic (exact) mass is 464 g/mol. The Morgan fingerprint density at radius 2 is 1.62 bits per heavy atom. The first kappa shape index (κ1) is 25.3. The van der Waals surface area contributed by atoms with Crippen molar-refractivity contribution in [2.75, 3.05) is 32.0 Å². The van der Waals surface area contributed by atoms with Crippen molar-refractivity contribution in [3.63, 3.8) is 0 Å². The molecular formula is C22H29FN4O4S. The van der Waals surface area contributed by atoms with Crippen LogP contribution in [-0.4, -0.2) is 63.2 Å². The minimum Gasteiger partial charge on any atom is -0.357 e. The van der Waals surface area contributed by atoms with Gasteiger partial charge in [-0.05, 0) is 36.2 Å². The summed E-state index contributed by atoms with van der Waals surface area (Å²) in [6.07, 6.45) is 0.318. The summed E-state index contributed by atoms with van der Waals surface area (Å²) < 4.78 is 41.3. The van der Waals surface area contributed by atoms with E-state index in [0.29, 0.717) is 17.7 Å². The Balaban J connectivity index is 2.45. The first-order valence-electron chi connectivity index (χ1n) is 10.1. The second-order valence-electron chi connectivity index (χ2n) is 7.32. The molecule has 8 nitrogen and oxygen atoms in total. The Bertz CT molecular complexity index is 1010. The van der Waals surface area contributed by atoms with Crippen molar-refractivity contribution in [2.45, 2.75) is 25.9 Å². The van der Waals surface area contributed by atoms with Crippen LogP contribution in [0.3, 0.4) is 0 Å². The van der Waals surface area contributed by atoms with Gasteiger partial charge in [0.15, 0.2) is 0 Å².